The number of nitrogens with one attached hydrogen (secondary N) is 2. The van der Waals surface area contributed by atoms with Gasteiger partial charge in [0.25, 0.3) is 5.91 Å². The van der Waals surface area contributed by atoms with Gasteiger partial charge in [0, 0.05) is 6.54 Å². The molecular weight excluding hydrogens is 344 g/mol. The summed E-state index contributed by atoms with van der Waals surface area (Å²) in [4.78, 5) is 23.4. The normalized spacial score (nSPS) is 11.3. The van der Waals surface area contributed by atoms with Gasteiger partial charge in [-0.2, -0.15) is 0 Å². The van der Waals surface area contributed by atoms with Gasteiger partial charge in [0.15, 0.2) is 0 Å². The summed E-state index contributed by atoms with van der Waals surface area (Å²) in [7, 11) is -2.41. The Labute approximate surface area is 140 Å². The minimum absolute atomic E-state index is 0.00996. The van der Waals surface area contributed by atoms with E-state index >= 15 is 0 Å². The predicted molar refractivity (Wildman–Crippen MR) is 85.9 cm³/mol. The van der Waals surface area contributed by atoms with E-state index in [-0.39, 0.29) is 34.6 Å². The van der Waals surface area contributed by atoms with Crippen LogP contribution in [0.15, 0.2) is 23.1 Å². The second kappa shape index (κ2) is 8.28. The van der Waals surface area contributed by atoms with Gasteiger partial charge in [-0.1, -0.05) is 11.6 Å². The minimum Gasteiger partial charge on any atom is -0.463 e. The van der Waals surface area contributed by atoms with Crippen LogP contribution in [0.2, 0.25) is 5.02 Å². The number of ether oxygens (including phenoxy) is 1. The highest BCUT2D eigenvalue weighted by Gasteiger charge is 2.17. The van der Waals surface area contributed by atoms with Gasteiger partial charge in [-0.25, -0.2) is 13.1 Å². The Morgan fingerprint density at radius 2 is 1.96 bits per heavy atom. The molecular formula is C14H19ClN2O5S. The zero-order valence-electron chi connectivity index (χ0n) is 13.1. The number of hydrogen-bond donors (Lipinski definition) is 2. The molecule has 128 valence electrons. The lowest BCUT2D eigenvalue weighted by Gasteiger charge is -2.10. The topological polar surface area (TPSA) is 102 Å². The Morgan fingerprint density at radius 3 is 2.52 bits per heavy atom. The lowest BCUT2D eigenvalue weighted by Crippen LogP contribution is -2.28. The highest BCUT2D eigenvalue weighted by Crippen LogP contribution is 2.20. The van der Waals surface area contributed by atoms with Crippen LogP contribution in [-0.2, 0) is 19.6 Å². The third-order valence-electron chi connectivity index (χ3n) is 2.74. The zero-order valence-corrected chi connectivity index (χ0v) is 14.6. The maximum Gasteiger partial charge on any atom is 0.307 e. The summed E-state index contributed by atoms with van der Waals surface area (Å²) in [5.41, 5.74) is 0.0141. The minimum atomic E-state index is -3.68. The van der Waals surface area contributed by atoms with Gasteiger partial charge < -0.3 is 10.1 Å². The van der Waals surface area contributed by atoms with Crippen molar-refractivity contribution in [3.05, 3.63) is 28.8 Å². The molecule has 0 spiro atoms. The molecule has 0 saturated carbocycles. The highest BCUT2D eigenvalue weighted by molar-refractivity contribution is 7.89. The van der Waals surface area contributed by atoms with Gasteiger partial charge >= 0.3 is 5.97 Å². The van der Waals surface area contributed by atoms with Gasteiger partial charge in [0.2, 0.25) is 10.0 Å². The summed E-state index contributed by atoms with van der Waals surface area (Å²) < 4.78 is 30.6. The zero-order chi connectivity index (χ0) is 17.6. The molecule has 0 saturated heterocycles. The highest BCUT2D eigenvalue weighted by atomic mass is 35.5. The van der Waals surface area contributed by atoms with Crippen molar-refractivity contribution in [2.75, 3.05) is 13.6 Å². The van der Waals surface area contributed by atoms with Crippen LogP contribution in [0.25, 0.3) is 0 Å². The summed E-state index contributed by atoms with van der Waals surface area (Å²) in [6, 6.07) is 3.80. The molecule has 0 aromatic heterocycles. The van der Waals surface area contributed by atoms with Crippen molar-refractivity contribution in [2.24, 2.45) is 0 Å². The SMILES string of the molecule is CNS(=O)(=O)c1ccc(Cl)c(C(=O)NCCC(=O)OC(C)C)c1. The molecule has 1 rings (SSSR count). The molecule has 0 heterocycles. The van der Waals surface area contributed by atoms with Crippen molar-refractivity contribution in [1.29, 1.82) is 0 Å². The molecule has 0 radical (unpaired) electrons. The number of sulfonamides is 1. The van der Waals surface area contributed by atoms with E-state index in [1.54, 1.807) is 13.8 Å². The smallest absolute Gasteiger partial charge is 0.307 e. The van der Waals surface area contributed by atoms with E-state index in [1.807, 2.05) is 0 Å². The van der Waals surface area contributed by atoms with E-state index < -0.39 is 21.9 Å². The van der Waals surface area contributed by atoms with Crippen LogP contribution < -0.4 is 10.0 Å². The van der Waals surface area contributed by atoms with Crippen LogP contribution in [0.4, 0.5) is 0 Å². The molecule has 0 aliphatic carbocycles. The Morgan fingerprint density at radius 1 is 1.30 bits per heavy atom. The first-order valence-corrected chi connectivity index (χ1v) is 8.74. The lowest BCUT2D eigenvalue weighted by molar-refractivity contribution is -0.147. The maximum atomic E-state index is 12.1. The summed E-state index contributed by atoms with van der Waals surface area (Å²) in [5, 5.41) is 2.61. The number of rotatable bonds is 7. The van der Waals surface area contributed by atoms with E-state index in [0.29, 0.717) is 0 Å². The number of benzene rings is 1. The molecule has 1 amide bonds. The predicted octanol–water partition coefficient (Wildman–Crippen LogP) is 1.32. The summed E-state index contributed by atoms with van der Waals surface area (Å²) >= 11 is 5.93. The van der Waals surface area contributed by atoms with Crippen molar-refractivity contribution in [3.8, 4) is 0 Å². The van der Waals surface area contributed by atoms with E-state index in [4.69, 9.17) is 16.3 Å². The molecule has 9 heteroatoms. The van der Waals surface area contributed by atoms with Crippen LogP contribution in [0.3, 0.4) is 0 Å². The molecule has 2 N–H and O–H groups in total. The van der Waals surface area contributed by atoms with Crippen molar-refractivity contribution in [3.63, 3.8) is 0 Å². The number of amides is 1. The molecule has 1 aromatic carbocycles. The third-order valence-corrected chi connectivity index (χ3v) is 4.48. The van der Waals surface area contributed by atoms with Crippen LogP contribution in [0.5, 0.6) is 0 Å². The molecule has 0 unspecified atom stereocenters. The summed E-state index contributed by atoms with van der Waals surface area (Å²) in [6.45, 7) is 3.51. The third kappa shape index (κ3) is 5.81. The van der Waals surface area contributed by atoms with E-state index in [2.05, 4.69) is 10.0 Å². The number of carbonyl (C=O) groups excluding carboxylic acids is 2. The van der Waals surface area contributed by atoms with Crippen LogP contribution >= 0.6 is 11.6 Å². The molecule has 0 atom stereocenters. The molecule has 1 aromatic rings. The standard InChI is InChI=1S/C14H19ClN2O5S/c1-9(2)22-13(18)6-7-17-14(19)11-8-10(4-5-12(11)15)23(20,21)16-3/h4-5,8-9,16H,6-7H2,1-3H3,(H,17,19). The second-order valence-electron chi connectivity index (χ2n) is 4.89. The van der Waals surface area contributed by atoms with Gasteiger partial charge in [-0.05, 0) is 39.1 Å². The fraction of sp³-hybridized carbons (Fsp3) is 0.429. The monoisotopic (exact) mass is 362 g/mol. The number of esters is 1. The largest absolute Gasteiger partial charge is 0.463 e. The van der Waals surface area contributed by atoms with Gasteiger partial charge in [-0.3, -0.25) is 9.59 Å². The second-order valence-corrected chi connectivity index (χ2v) is 7.19. The van der Waals surface area contributed by atoms with E-state index in [9.17, 15) is 18.0 Å². The van der Waals surface area contributed by atoms with Crippen LogP contribution in [0, 0.1) is 0 Å². The van der Waals surface area contributed by atoms with Crippen molar-refractivity contribution >= 4 is 33.5 Å². The van der Waals surface area contributed by atoms with Gasteiger partial charge in [0.05, 0.1) is 28.0 Å². The lowest BCUT2D eigenvalue weighted by atomic mass is 10.2. The Bertz CT molecular complexity index is 688. The first-order valence-electron chi connectivity index (χ1n) is 6.88. The summed E-state index contributed by atoms with van der Waals surface area (Å²) in [5.74, 6) is -1.00. The summed E-state index contributed by atoms with van der Waals surface area (Å²) in [6.07, 6.45) is -0.216. The van der Waals surface area contributed by atoms with Crippen LogP contribution in [-0.4, -0.2) is 40.0 Å². The molecule has 0 fully saturated rings. The Kier molecular flexibility index (Phi) is 6.99. The maximum absolute atomic E-state index is 12.1. The van der Waals surface area contributed by atoms with E-state index in [0.717, 1.165) is 0 Å². The van der Waals surface area contributed by atoms with E-state index in [1.165, 1.54) is 25.2 Å². The number of carbonyl (C=O) groups is 2. The fourth-order valence-electron chi connectivity index (χ4n) is 1.66. The average molecular weight is 363 g/mol. The number of halogens is 1. The quantitative estimate of drug-likeness (QED) is 0.712. The molecule has 7 nitrogen and oxygen atoms in total. The molecule has 0 aliphatic rings. The van der Waals surface area contributed by atoms with Crippen molar-refractivity contribution in [1.82, 2.24) is 10.0 Å². The Hall–Kier alpha value is -1.64. The molecule has 0 aliphatic heterocycles. The fourth-order valence-corrected chi connectivity index (χ4v) is 2.62. The molecule has 23 heavy (non-hydrogen) atoms. The first-order chi connectivity index (χ1) is 10.7. The Balaban J connectivity index is 2.77. The molecule has 0 bridgehead atoms. The number of hydrogen-bond acceptors (Lipinski definition) is 5. The van der Waals surface area contributed by atoms with Crippen LogP contribution in [0.1, 0.15) is 30.6 Å². The first kappa shape index (κ1) is 19.4. The van der Waals surface area contributed by atoms with Crippen molar-refractivity contribution < 1.29 is 22.7 Å². The van der Waals surface area contributed by atoms with Crippen molar-refractivity contribution in [2.45, 2.75) is 31.3 Å². The van der Waals surface area contributed by atoms with Gasteiger partial charge in [0.1, 0.15) is 0 Å². The average Bonchev–Trinajstić information content (AvgIpc) is 2.46. The van der Waals surface area contributed by atoms with Gasteiger partial charge in [-0.15, -0.1) is 0 Å².